The molecule has 3 rings (SSSR count). The zero-order valence-electron chi connectivity index (χ0n) is 13.2. The maximum absolute atomic E-state index is 12.3. The summed E-state index contributed by atoms with van der Waals surface area (Å²) >= 11 is 2.73. The molecule has 0 saturated carbocycles. The normalized spacial score (nSPS) is 10.4. The Hall–Kier alpha value is -2.44. The predicted octanol–water partition coefficient (Wildman–Crippen LogP) is 4.82. The molecule has 2 heterocycles. The molecule has 0 aliphatic rings. The second-order valence-electron chi connectivity index (χ2n) is 5.03. The number of hydrogen-bond donors (Lipinski definition) is 1. The maximum Gasteiger partial charge on any atom is 0.341 e. The molecule has 0 atom stereocenters. The molecule has 0 radical (unpaired) electrons. The number of thiophene rings is 2. The smallest absolute Gasteiger partial charge is 0.341 e. The lowest BCUT2D eigenvalue weighted by Gasteiger charge is -2.07. The first-order valence-corrected chi connectivity index (χ1v) is 8.93. The molecular weight excluding hydrogens is 342 g/mol. The van der Waals surface area contributed by atoms with Gasteiger partial charge in [0.1, 0.15) is 10.6 Å². The van der Waals surface area contributed by atoms with Gasteiger partial charge in [-0.1, -0.05) is 36.4 Å². The van der Waals surface area contributed by atoms with Gasteiger partial charge in [-0.15, -0.1) is 22.7 Å². The molecular formula is C18H15NO3S2. The lowest BCUT2D eigenvalue weighted by atomic mass is 10.0. The van der Waals surface area contributed by atoms with E-state index >= 15 is 0 Å². The highest BCUT2D eigenvalue weighted by Crippen LogP contribution is 2.40. The molecule has 0 spiro atoms. The SMILES string of the molecule is COC(=O)c1c(NC(=O)c2cccs2)sc(C)c1-c1ccccc1. The van der Waals surface area contributed by atoms with E-state index in [4.69, 9.17) is 4.74 Å². The van der Waals surface area contributed by atoms with Gasteiger partial charge < -0.3 is 10.1 Å². The minimum atomic E-state index is -0.459. The Morgan fingerprint density at radius 3 is 2.46 bits per heavy atom. The molecule has 122 valence electrons. The van der Waals surface area contributed by atoms with Gasteiger partial charge in [0.05, 0.1) is 12.0 Å². The minimum absolute atomic E-state index is 0.226. The molecule has 0 bridgehead atoms. The minimum Gasteiger partial charge on any atom is -0.465 e. The molecule has 1 N–H and O–H groups in total. The van der Waals surface area contributed by atoms with Gasteiger partial charge in [0, 0.05) is 10.4 Å². The molecule has 0 unspecified atom stereocenters. The van der Waals surface area contributed by atoms with Gasteiger partial charge in [-0.3, -0.25) is 4.79 Å². The summed E-state index contributed by atoms with van der Waals surface area (Å²) in [5.74, 6) is -0.685. The summed E-state index contributed by atoms with van der Waals surface area (Å²) in [6, 6.07) is 13.2. The summed E-state index contributed by atoms with van der Waals surface area (Å²) in [4.78, 5) is 26.2. The Morgan fingerprint density at radius 1 is 1.08 bits per heavy atom. The van der Waals surface area contributed by atoms with E-state index in [1.807, 2.05) is 48.7 Å². The number of benzene rings is 1. The first kappa shape index (κ1) is 16.4. The summed E-state index contributed by atoms with van der Waals surface area (Å²) in [5.41, 5.74) is 2.12. The van der Waals surface area contributed by atoms with Crippen molar-refractivity contribution >= 4 is 39.6 Å². The van der Waals surface area contributed by atoms with Crippen LogP contribution in [-0.4, -0.2) is 19.0 Å². The van der Waals surface area contributed by atoms with Crippen LogP contribution in [0.15, 0.2) is 47.8 Å². The Bertz CT molecular complexity index is 867. The number of hydrogen-bond acceptors (Lipinski definition) is 5. The second-order valence-corrected chi connectivity index (χ2v) is 7.20. The van der Waals surface area contributed by atoms with Gasteiger partial charge in [0.15, 0.2) is 0 Å². The third-order valence-electron chi connectivity index (χ3n) is 3.51. The zero-order valence-corrected chi connectivity index (χ0v) is 14.8. The van der Waals surface area contributed by atoms with Crippen LogP contribution in [0.25, 0.3) is 11.1 Å². The first-order chi connectivity index (χ1) is 11.6. The van der Waals surface area contributed by atoms with E-state index in [1.165, 1.54) is 29.8 Å². The van der Waals surface area contributed by atoms with Gasteiger partial charge >= 0.3 is 5.97 Å². The van der Waals surface area contributed by atoms with Crippen LogP contribution < -0.4 is 5.32 Å². The number of rotatable bonds is 4. The Kier molecular flexibility index (Phi) is 4.78. The van der Waals surface area contributed by atoms with Crippen LogP contribution in [0, 0.1) is 6.92 Å². The molecule has 1 aromatic carbocycles. The van der Waals surface area contributed by atoms with Crippen molar-refractivity contribution in [2.75, 3.05) is 12.4 Å². The van der Waals surface area contributed by atoms with Crippen LogP contribution in [0.3, 0.4) is 0 Å². The van der Waals surface area contributed by atoms with Crippen LogP contribution in [0.2, 0.25) is 0 Å². The average Bonchev–Trinajstić information content (AvgIpc) is 3.23. The fraction of sp³-hybridized carbons (Fsp3) is 0.111. The number of amides is 1. The molecule has 6 heteroatoms. The van der Waals surface area contributed by atoms with Crippen molar-refractivity contribution in [1.29, 1.82) is 0 Å². The van der Waals surface area contributed by atoms with Crippen molar-refractivity contribution in [3.05, 3.63) is 63.2 Å². The lowest BCUT2D eigenvalue weighted by molar-refractivity contribution is 0.0603. The van der Waals surface area contributed by atoms with Gasteiger partial charge in [-0.05, 0) is 23.9 Å². The van der Waals surface area contributed by atoms with E-state index in [0.29, 0.717) is 15.4 Å². The Balaban J connectivity index is 2.07. The van der Waals surface area contributed by atoms with E-state index in [-0.39, 0.29) is 5.91 Å². The molecule has 3 aromatic rings. The summed E-state index contributed by atoms with van der Waals surface area (Å²) in [5, 5.41) is 5.20. The number of aryl methyl sites for hydroxylation is 1. The average molecular weight is 357 g/mol. The second kappa shape index (κ2) is 6.98. The highest BCUT2D eigenvalue weighted by molar-refractivity contribution is 7.17. The summed E-state index contributed by atoms with van der Waals surface area (Å²) in [7, 11) is 1.34. The Morgan fingerprint density at radius 2 is 1.83 bits per heavy atom. The molecule has 24 heavy (non-hydrogen) atoms. The predicted molar refractivity (Wildman–Crippen MR) is 98.1 cm³/mol. The summed E-state index contributed by atoms with van der Waals surface area (Å²) < 4.78 is 4.94. The van der Waals surface area contributed by atoms with Crippen LogP contribution >= 0.6 is 22.7 Å². The molecule has 1 amide bonds. The number of methoxy groups -OCH3 is 1. The Labute approximate surface area is 147 Å². The number of carbonyl (C=O) groups is 2. The van der Waals surface area contributed by atoms with Crippen molar-refractivity contribution in [1.82, 2.24) is 0 Å². The van der Waals surface area contributed by atoms with Gasteiger partial charge in [0.2, 0.25) is 0 Å². The van der Waals surface area contributed by atoms with Crippen molar-refractivity contribution in [2.45, 2.75) is 6.92 Å². The van der Waals surface area contributed by atoms with E-state index in [1.54, 1.807) is 6.07 Å². The summed E-state index contributed by atoms with van der Waals surface area (Å²) in [6.07, 6.45) is 0. The number of carbonyl (C=O) groups excluding carboxylic acids is 2. The third-order valence-corrected chi connectivity index (χ3v) is 5.40. The number of anilines is 1. The number of ether oxygens (including phenoxy) is 1. The molecule has 0 aliphatic carbocycles. The molecule has 0 fully saturated rings. The highest BCUT2D eigenvalue weighted by atomic mass is 32.1. The standard InChI is InChI=1S/C18H15NO3S2/c1-11-14(12-7-4-3-5-8-12)15(18(21)22-2)17(24-11)19-16(20)13-9-6-10-23-13/h3-10H,1-2H3,(H,19,20). The van der Waals surface area contributed by atoms with E-state index < -0.39 is 5.97 Å². The fourth-order valence-electron chi connectivity index (χ4n) is 2.45. The molecule has 4 nitrogen and oxygen atoms in total. The van der Waals surface area contributed by atoms with Gasteiger partial charge in [-0.2, -0.15) is 0 Å². The van der Waals surface area contributed by atoms with Gasteiger partial charge in [-0.25, -0.2) is 4.79 Å². The van der Waals surface area contributed by atoms with Crippen LogP contribution in [0.4, 0.5) is 5.00 Å². The van der Waals surface area contributed by atoms with Crippen molar-refractivity contribution < 1.29 is 14.3 Å². The number of nitrogens with one attached hydrogen (secondary N) is 1. The van der Waals surface area contributed by atoms with Crippen LogP contribution in [0.1, 0.15) is 24.9 Å². The fourth-order valence-corrected chi connectivity index (χ4v) is 4.13. The lowest BCUT2D eigenvalue weighted by Crippen LogP contribution is -2.13. The first-order valence-electron chi connectivity index (χ1n) is 7.23. The van der Waals surface area contributed by atoms with Crippen molar-refractivity contribution in [3.8, 4) is 11.1 Å². The molecule has 0 aliphatic heterocycles. The topological polar surface area (TPSA) is 55.4 Å². The largest absolute Gasteiger partial charge is 0.465 e. The quantitative estimate of drug-likeness (QED) is 0.681. The van der Waals surface area contributed by atoms with E-state index in [0.717, 1.165) is 16.0 Å². The van der Waals surface area contributed by atoms with E-state index in [2.05, 4.69) is 5.32 Å². The highest BCUT2D eigenvalue weighted by Gasteiger charge is 2.25. The van der Waals surface area contributed by atoms with Crippen LogP contribution in [-0.2, 0) is 4.74 Å². The summed E-state index contributed by atoms with van der Waals surface area (Å²) in [6.45, 7) is 1.93. The zero-order chi connectivity index (χ0) is 17.1. The van der Waals surface area contributed by atoms with Crippen LogP contribution in [0.5, 0.6) is 0 Å². The molecule has 0 saturated heterocycles. The van der Waals surface area contributed by atoms with E-state index in [9.17, 15) is 9.59 Å². The monoisotopic (exact) mass is 357 g/mol. The molecule has 2 aromatic heterocycles. The van der Waals surface area contributed by atoms with Gasteiger partial charge in [0.25, 0.3) is 5.91 Å². The number of esters is 1. The third kappa shape index (κ3) is 3.11. The van der Waals surface area contributed by atoms with Crippen molar-refractivity contribution in [3.63, 3.8) is 0 Å². The maximum atomic E-state index is 12.3. The van der Waals surface area contributed by atoms with Crippen molar-refractivity contribution in [2.24, 2.45) is 0 Å².